The van der Waals surface area contributed by atoms with Crippen LogP contribution >= 0.6 is 11.6 Å². The lowest BCUT2D eigenvalue weighted by Gasteiger charge is -2.08. The minimum atomic E-state index is -1.03. The lowest BCUT2D eigenvalue weighted by atomic mass is 10.2. The molecule has 0 aliphatic heterocycles. The average Bonchev–Trinajstić information content (AvgIpc) is 2.29. The summed E-state index contributed by atoms with van der Waals surface area (Å²) in [5.41, 5.74) is 0.608. The first-order chi connectivity index (χ1) is 8.13. The Morgan fingerprint density at radius 1 is 1.59 bits per heavy atom. The molecule has 88 valence electrons. The Labute approximate surface area is 105 Å². The third kappa shape index (κ3) is 4.62. The van der Waals surface area contributed by atoms with Gasteiger partial charge >= 0.3 is 5.97 Å². The van der Waals surface area contributed by atoms with Gasteiger partial charge in [-0.05, 0) is 24.3 Å². The molecule has 0 aliphatic carbocycles. The van der Waals surface area contributed by atoms with Crippen LogP contribution in [0.25, 0.3) is 6.08 Å². The van der Waals surface area contributed by atoms with Gasteiger partial charge in [0, 0.05) is 23.1 Å². The highest BCUT2D eigenvalue weighted by molar-refractivity contribution is 6.30. The number of halogens is 1. The highest BCUT2D eigenvalue weighted by Gasteiger charge is 2.02. The van der Waals surface area contributed by atoms with Crippen molar-refractivity contribution in [3.8, 4) is 18.1 Å². The van der Waals surface area contributed by atoms with E-state index >= 15 is 0 Å². The molecule has 1 N–H and O–H groups in total. The zero-order valence-corrected chi connectivity index (χ0v) is 9.78. The highest BCUT2D eigenvalue weighted by atomic mass is 35.5. The monoisotopic (exact) mass is 250 g/mol. The number of hydrogen-bond donors (Lipinski definition) is 1. The van der Waals surface area contributed by atoms with Crippen LogP contribution in [0.1, 0.15) is 12.0 Å². The molecule has 0 spiro atoms. The number of hydrogen-bond acceptors (Lipinski definition) is 2. The van der Waals surface area contributed by atoms with Crippen molar-refractivity contribution in [3.63, 3.8) is 0 Å². The second-order valence-electron chi connectivity index (χ2n) is 3.16. The molecular weight excluding hydrogens is 240 g/mol. The van der Waals surface area contributed by atoms with Crippen molar-refractivity contribution in [2.45, 2.75) is 6.42 Å². The van der Waals surface area contributed by atoms with E-state index in [9.17, 15) is 4.79 Å². The van der Waals surface area contributed by atoms with Crippen LogP contribution < -0.4 is 4.74 Å². The molecule has 1 aromatic carbocycles. The van der Waals surface area contributed by atoms with Gasteiger partial charge in [-0.1, -0.05) is 11.6 Å². The summed E-state index contributed by atoms with van der Waals surface area (Å²) in [6, 6.07) is 4.98. The molecular formula is C13H11ClO3. The van der Waals surface area contributed by atoms with E-state index in [4.69, 9.17) is 27.9 Å². The fourth-order valence-electron chi connectivity index (χ4n) is 1.16. The molecule has 0 heterocycles. The molecule has 0 unspecified atom stereocenters. The molecule has 0 aliphatic rings. The van der Waals surface area contributed by atoms with E-state index < -0.39 is 5.97 Å². The summed E-state index contributed by atoms with van der Waals surface area (Å²) in [7, 11) is 0. The van der Waals surface area contributed by atoms with Gasteiger partial charge in [0.2, 0.25) is 0 Å². The Hall–Kier alpha value is -1.92. The summed E-state index contributed by atoms with van der Waals surface area (Å²) in [4.78, 5) is 10.4. The van der Waals surface area contributed by atoms with E-state index in [1.165, 1.54) is 6.08 Å². The SMILES string of the molecule is C#CCCOc1ccc(Cl)cc1/C=C/C(=O)O. The second-order valence-corrected chi connectivity index (χ2v) is 3.59. The van der Waals surface area contributed by atoms with Crippen LogP contribution in [-0.4, -0.2) is 17.7 Å². The number of terminal acetylenes is 1. The molecule has 1 rings (SSSR count). The summed E-state index contributed by atoms with van der Waals surface area (Å²) in [5, 5.41) is 9.08. The predicted octanol–water partition coefficient (Wildman–Crippen LogP) is 2.84. The van der Waals surface area contributed by atoms with Crippen LogP contribution in [0.5, 0.6) is 5.75 Å². The fraction of sp³-hybridized carbons (Fsp3) is 0.154. The third-order valence-corrected chi connectivity index (χ3v) is 2.12. The van der Waals surface area contributed by atoms with Crippen LogP contribution in [0.15, 0.2) is 24.3 Å². The minimum Gasteiger partial charge on any atom is -0.492 e. The summed E-state index contributed by atoms with van der Waals surface area (Å²) in [6.45, 7) is 0.381. The standard InChI is InChI=1S/C13H11ClO3/c1-2-3-8-17-12-6-5-11(14)9-10(12)4-7-13(15)16/h1,4-7,9H,3,8H2,(H,15,16)/b7-4+. The van der Waals surface area contributed by atoms with Crippen molar-refractivity contribution in [1.82, 2.24) is 0 Å². The van der Waals surface area contributed by atoms with E-state index in [1.54, 1.807) is 18.2 Å². The van der Waals surface area contributed by atoms with Crippen LogP contribution in [0.3, 0.4) is 0 Å². The summed E-state index contributed by atoms with van der Waals surface area (Å²) < 4.78 is 5.42. The predicted molar refractivity (Wildman–Crippen MR) is 67.1 cm³/mol. The fourth-order valence-corrected chi connectivity index (χ4v) is 1.34. The molecule has 0 fully saturated rings. The minimum absolute atomic E-state index is 0.381. The second kappa shape index (κ2) is 6.62. The number of rotatable bonds is 5. The summed E-state index contributed by atoms with van der Waals surface area (Å²) in [5.74, 6) is 1.99. The maximum absolute atomic E-state index is 10.4. The highest BCUT2D eigenvalue weighted by Crippen LogP contribution is 2.24. The zero-order valence-electron chi connectivity index (χ0n) is 9.02. The smallest absolute Gasteiger partial charge is 0.328 e. The number of aliphatic carboxylic acids is 1. The molecule has 3 nitrogen and oxygen atoms in total. The van der Waals surface area contributed by atoms with Gasteiger partial charge < -0.3 is 9.84 Å². The van der Waals surface area contributed by atoms with Crippen LogP contribution in [0, 0.1) is 12.3 Å². The van der Waals surface area contributed by atoms with Gasteiger partial charge in [0.25, 0.3) is 0 Å². The van der Waals surface area contributed by atoms with Gasteiger partial charge in [0.15, 0.2) is 0 Å². The van der Waals surface area contributed by atoms with E-state index in [-0.39, 0.29) is 0 Å². The quantitative estimate of drug-likeness (QED) is 0.497. The van der Waals surface area contributed by atoms with Crippen molar-refractivity contribution in [3.05, 3.63) is 34.9 Å². The molecule has 0 aromatic heterocycles. The Kier molecular flexibility index (Phi) is 5.12. The average molecular weight is 251 g/mol. The molecule has 1 aromatic rings. The van der Waals surface area contributed by atoms with Gasteiger partial charge in [0.1, 0.15) is 5.75 Å². The Morgan fingerprint density at radius 3 is 3.00 bits per heavy atom. The van der Waals surface area contributed by atoms with Gasteiger partial charge in [-0.25, -0.2) is 4.79 Å². The van der Waals surface area contributed by atoms with Crippen molar-refractivity contribution < 1.29 is 14.6 Å². The van der Waals surface area contributed by atoms with Gasteiger partial charge in [0.05, 0.1) is 6.61 Å². The molecule has 4 heteroatoms. The summed E-state index contributed by atoms with van der Waals surface area (Å²) in [6.07, 6.45) is 8.06. The number of carboxylic acids is 1. The molecule has 0 amide bonds. The van der Waals surface area contributed by atoms with Gasteiger partial charge in [-0.15, -0.1) is 12.3 Å². The van der Waals surface area contributed by atoms with Crippen molar-refractivity contribution in [1.29, 1.82) is 0 Å². The first-order valence-electron chi connectivity index (χ1n) is 4.90. The maximum atomic E-state index is 10.4. The van der Waals surface area contributed by atoms with Crippen LogP contribution in [-0.2, 0) is 4.79 Å². The molecule has 0 saturated carbocycles. The van der Waals surface area contributed by atoms with E-state index in [2.05, 4.69) is 5.92 Å². The number of benzene rings is 1. The molecule has 17 heavy (non-hydrogen) atoms. The van der Waals surface area contributed by atoms with E-state index in [0.717, 1.165) is 6.08 Å². The van der Waals surface area contributed by atoms with E-state index in [1.807, 2.05) is 0 Å². The number of ether oxygens (including phenoxy) is 1. The normalized spacial score (nSPS) is 10.1. The molecule has 0 bridgehead atoms. The van der Waals surface area contributed by atoms with Crippen LogP contribution in [0.2, 0.25) is 5.02 Å². The maximum Gasteiger partial charge on any atom is 0.328 e. The van der Waals surface area contributed by atoms with Gasteiger partial charge in [-0.3, -0.25) is 0 Å². The third-order valence-electron chi connectivity index (χ3n) is 1.88. The zero-order chi connectivity index (χ0) is 12.7. The molecule has 0 atom stereocenters. The van der Waals surface area contributed by atoms with Crippen molar-refractivity contribution in [2.75, 3.05) is 6.61 Å². The molecule has 0 radical (unpaired) electrons. The summed E-state index contributed by atoms with van der Waals surface area (Å²) >= 11 is 5.82. The number of carbonyl (C=O) groups is 1. The van der Waals surface area contributed by atoms with E-state index in [0.29, 0.717) is 29.4 Å². The lowest BCUT2D eigenvalue weighted by Crippen LogP contribution is -1.97. The molecule has 0 saturated heterocycles. The lowest BCUT2D eigenvalue weighted by molar-refractivity contribution is -0.131. The Bertz CT molecular complexity index is 472. The Morgan fingerprint density at radius 2 is 2.35 bits per heavy atom. The van der Waals surface area contributed by atoms with Crippen LogP contribution in [0.4, 0.5) is 0 Å². The van der Waals surface area contributed by atoms with Crippen molar-refractivity contribution >= 4 is 23.6 Å². The number of carboxylic acid groups (broad SMARTS) is 1. The van der Waals surface area contributed by atoms with Gasteiger partial charge in [-0.2, -0.15) is 0 Å². The Balaban J connectivity index is 2.88. The first-order valence-corrected chi connectivity index (χ1v) is 5.28. The van der Waals surface area contributed by atoms with Crippen molar-refractivity contribution in [2.24, 2.45) is 0 Å². The first kappa shape index (κ1) is 13.1. The largest absolute Gasteiger partial charge is 0.492 e. The topological polar surface area (TPSA) is 46.5 Å².